The third-order valence-electron chi connectivity index (χ3n) is 1.46. The Kier molecular flexibility index (Phi) is 4.17. The summed E-state index contributed by atoms with van der Waals surface area (Å²) in [5, 5.41) is 18.4. The number of nitro groups is 1. The van der Waals surface area contributed by atoms with E-state index in [2.05, 4.69) is 0 Å². The van der Waals surface area contributed by atoms with Crippen LogP contribution in [0.25, 0.3) is 0 Å². The first-order valence-electron chi connectivity index (χ1n) is 3.43. The fraction of sp³-hybridized carbons (Fsp3) is 0.833. The number of aliphatic carboxylic acids is 1. The number of carboxylic acids is 1. The lowest BCUT2D eigenvalue weighted by atomic mass is 10.1. The summed E-state index contributed by atoms with van der Waals surface area (Å²) in [6.07, 6.45) is 0.387. The molecule has 1 N–H and O–H groups in total. The molecule has 0 saturated carbocycles. The van der Waals surface area contributed by atoms with Gasteiger partial charge in [-0.25, -0.2) is 0 Å². The first-order chi connectivity index (χ1) is 5.07. The molecule has 5 heteroatoms. The van der Waals surface area contributed by atoms with Crippen LogP contribution in [0.3, 0.4) is 0 Å². The van der Waals surface area contributed by atoms with Crippen molar-refractivity contribution in [1.29, 1.82) is 0 Å². The Hall–Kier alpha value is -1.13. The summed E-state index contributed by atoms with van der Waals surface area (Å²) in [6.45, 7) is 1.68. The first kappa shape index (κ1) is 9.87. The van der Waals surface area contributed by atoms with E-state index in [1.807, 2.05) is 0 Å². The van der Waals surface area contributed by atoms with Gasteiger partial charge in [-0.05, 0) is 0 Å². The number of rotatable bonds is 5. The van der Waals surface area contributed by atoms with Crippen molar-refractivity contribution in [2.75, 3.05) is 0 Å². The molecule has 0 spiro atoms. The number of hydrogen-bond donors (Lipinski definition) is 1. The molecule has 0 unspecified atom stereocenters. The molecular formula is C6H11NO4. The lowest BCUT2D eigenvalue weighted by molar-refractivity contribution is -0.523. The van der Waals surface area contributed by atoms with E-state index in [4.69, 9.17) is 5.11 Å². The van der Waals surface area contributed by atoms with E-state index < -0.39 is 16.9 Å². The zero-order chi connectivity index (χ0) is 8.85. The number of carboxylic acid groups (broad SMARTS) is 1. The van der Waals surface area contributed by atoms with E-state index in [1.165, 1.54) is 0 Å². The van der Waals surface area contributed by atoms with Crippen molar-refractivity contribution in [3.63, 3.8) is 0 Å². The van der Waals surface area contributed by atoms with Crippen LogP contribution in [0.1, 0.15) is 26.2 Å². The minimum absolute atomic E-state index is 0.124. The van der Waals surface area contributed by atoms with Gasteiger partial charge < -0.3 is 5.11 Å². The molecule has 0 aromatic rings. The van der Waals surface area contributed by atoms with Crippen LogP contribution in [0.15, 0.2) is 0 Å². The smallest absolute Gasteiger partial charge is 0.303 e. The van der Waals surface area contributed by atoms with Gasteiger partial charge in [-0.2, -0.15) is 0 Å². The van der Waals surface area contributed by atoms with E-state index in [9.17, 15) is 14.9 Å². The number of nitrogens with zero attached hydrogens (tertiary/aromatic N) is 1. The standard InChI is InChI=1S/C6H11NO4/c1-2-5(7(10)11)3-4-6(8)9/h5H,2-4H2,1H3,(H,8,9)/t5-/m0/s1. The lowest BCUT2D eigenvalue weighted by Crippen LogP contribution is -2.19. The molecule has 1 atom stereocenters. The van der Waals surface area contributed by atoms with Gasteiger partial charge in [-0.3, -0.25) is 14.9 Å². The van der Waals surface area contributed by atoms with Crippen molar-refractivity contribution in [3.8, 4) is 0 Å². The van der Waals surface area contributed by atoms with E-state index in [0.717, 1.165) is 0 Å². The summed E-state index contributed by atoms with van der Waals surface area (Å²) in [4.78, 5) is 19.7. The molecule has 0 aromatic heterocycles. The van der Waals surface area contributed by atoms with Gasteiger partial charge in [-0.1, -0.05) is 6.92 Å². The van der Waals surface area contributed by atoms with Gasteiger partial charge in [0.15, 0.2) is 0 Å². The second-order valence-electron chi connectivity index (χ2n) is 2.28. The van der Waals surface area contributed by atoms with Gasteiger partial charge in [0.05, 0.1) is 6.42 Å². The molecule has 0 saturated heterocycles. The summed E-state index contributed by atoms with van der Waals surface area (Å²) < 4.78 is 0. The summed E-state index contributed by atoms with van der Waals surface area (Å²) in [7, 11) is 0. The van der Waals surface area contributed by atoms with Crippen molar-refractivity contribution in [3.05, 3.63) is 10.1 Å². The minimum Gasteiger partial charge on any atom is -0.481 e. The average Bonchev–Trinajstić information content (AvgIpc) is 1.87. The predicted molar refractivity (Wildman–Crippen MR) is 37.9 cm³/mol. The van der Waals surface area contributed by atoms with Crippen molar-refractivity contribution in [2.45, 2.75) is 32.2 Å². The predicted octanol–water partition coefficient (Wildman–Crippen LogP) is 0.906. The highest BCUT2D eigenvalue weighted by atomic mass is 16.6. The van der Waals surface area contributed by atoms with Gasteiger partial charge in [-0.15, -0.1) is 0 Å². The van der Waals surface area contributed by atoms with E-state index in [1.54, 1.807) is 6.92 Å². The molecule has 0 bridgehead atoms. The first-order valence-corrected chi connectivity index (χ1v) is 3.43. The van der Waals surface area contributed by atoms with Gasteiger partial charge in [0.2, 0.25) is 6.04 Å². The summed E-state index contributed by atoms with van der Waals surface area (Å²) in [5.74, 6) is -0.981. The van der Waals surface area contributed by atoms with Gasteiger partial charge >= 0.3 is 5.97 Å². The highest BCUT2D eigenvalue weighted by Crippen LogP contribution is 2.04. The Morgan fingerprint density at radius 3 is 2.55 bits per heavy atom. The van der Waals surface area contributed by atoms with Crippen LogP contribution in [0.2, 0.25) is 0 Å². The quantitative estimate of drug-likeness (QED) is 0.480. The Bertz CT molecular complexity index is 157. The normalized spacial score (nSPS) is 12.5. The molecule has 0 aliphatic carbocycles. The lowest BCUT2D eigenvalue weighted by Gasteiger charge is -2.03. The summed E-state index contributed by atoms with van der Waals surface area (Å²) >= 11 is 0. The van der Waals surface area contributed by atoms with Crippen molar-refractivity contribution < 1.29 is 14.8 Å². The molecule has 0 rings (SSSR count). The minimum atomic E-state index is -0.981. The molecule has 11 heavy (non-hydrogen) atoms. The average molecular weight is 161 g/mol. The van der Waals surface area contributed by atoms with Gasteiger partial charge in [0, 0.05) is 17.8 Å². The number of hydrogen-bond acceptors (Lipinski definition) is 3. The van der Waals surface area contributed by atoms with Gasteiger partial charge in [0.25, 0.3) is 0 Å². The zero-order valence-electron chi connectivity index (χ0n) is 6.32. The van der Waals surface area contributed by atoms with Crippen LogP contribution in [0.4, 0.5) is 0 Å². The van der Waals surface area contributed by atoms with Crippen LogP contribution in [0.5, 0.6) is 0 Å². The second kappa shape index (κ2) is 4.65. The molecule has 64 valence electrons. The molecule has 0 radical (unpaired) electrons. The summed E-state index contributed by atoms with van der Waals surface area (Å²) in [5.41, 5.74) is 0. The third kappa shape index (κ3) is 4.30. The largest absolute Gasteiger partial charge is 0.481 e. The Morgan fingerprint density at radius 1 is 1.73 bits per heavy atom. The van der Waals surface area contributed by atoms with Crippen LogP contribution >= 0.6 is 0 Å². The van der Waals surface area contributed by atoms with Crippen molar-refractivity contribution in [1.82, 2.24) is 0 Å². The molecule has 0 amide bonds. The Morgan fingerprint density at radius 2 is 2.27 bits per heavy atom. The molecule has 0 fully saturated rings. The zero-order valence-corrected chi connectivity index (χ0v) is 6.32. The topological polar surface area (TPSA) is 80.4 Å². The molecule has 0 aliphatic rings. The van der Waals surface area contributed by atoms with Crippen molar-refractivity contribution >= 4 is 5.97 Å². The molecular weight excluding hydrogens is 150 g/mol. The highest BCUT2D eigenvalue weighted by molar-refractivity contribution is 5.66. The maximum atomic E-state index is 10.2. The maximum Gasteiger partial charge on any atom is 0.303 e. The molecule has 5 nitrogen and oxygen atoms in total. The van der Waals surface area contributed by atoms with Crippen LogP contribution in [-0.4, -0.2) is 22.0 Å². The Labute approximate surface area is 64.2 Å². The van der Waals surface area contributed by atoms with E-state index in [-0.39, 0.29) is 12.8 Å². The Balaban J connectivity index is 3.70. The fourth-order valence-electron chi connectivity index (χ4n) is 0.749. The SMILES string of the molecule is CC[C@@H](CCC(=O)O)[N+](=O)[O-]. The molecule has 0 heterocycles. The number of carbonyl (C=O) groups is 1. The van der Waals surface area contributed by atoms with Crippen LogP contribution in [-0.2, 0) is 4.79 Å². The summed E-state index contributed by atoms with van der Waals surface area (Å²) in [6, 6.07) is -0.703. The van der Waals surface area contributed by atoms with Crippen molar-refractivity contribution in [2.24, 2.45) is 0 Å². The highest BCUT2D eigenvalue weighted by Gasteiger charge is 2.17. The monoisotopic (exact) mass is 161 g/mol. The maximum absolute atomic E-state index is 10.2. The molecule has 0 aliphatic heterocycles. The van der Waals surface area contributed by atoms with E-state index in [0.29, 0.717) is 6.42 Å². The molecule has 0 aromatic carbocycles. The van der Waals surface area contributed by atoms with E-state index >= 15 is 0 Å². The van der Waals surface area contributed by atoms with Crippen LogP contribution in [0, 0.1) is 10.1 Å². The second-order valence-corrected chi connectivity index (χ2v) is 2.28. The van der Waals surface area contributed by atoms with Gasteiger partial charge in [0.1, 0.15) is 0 Å². The van der Waals surface area contributed by atoms with Crippen LogP contribution < -0.4 is 0 Å². The third-order valence-corrected chi connectivity index (χ3v) is 1.46. The fourth-order valence-corrected chi connectivity index (χ4v) is 0.749.